The summed E-state index contributed by atoms with van der Waals surface area (Å²) in [6.07, 6.45) is 0. The molecule has 0 spiro atoms. The van der Waals surface area contributed by atoms with Gasteiger partial charge in [0.15, 0.2) is 0 Å². The summed E-state index contributed by atoms with van der Waals surface area (Å²) in [7, 11) is 0. The summed E-state index contributed by atoms with van der Waals surface area (Å²) in [5, 5.41) is 9.30. The molecule has 0 aliphatic carbocycles. The van der Waals surface area contributed by atoms with E-state index in [1.54, 1.807) is 12.1 Å². The summed E-state index contributed by atoms with van der Waals surface area (Å²) in [6.45, 7) is 6.82. The fourth-order valence-corrected chi connectivity index (χ4v) is 2.80. The molecule has 0 bridgehead atoms. The monoisotopic (exact) mass is 289 g/mol. The van der Waals surface area contributed by atoms with Crippen molar-refractivity contribution in [1.29, 1.82) is 0 Å². The summed E-state index contributed by atoms with van der Waals surface area (Å²) in [4.78, 5) is 18.2. The van der Waals surface area contributed by atoms with E-state index in [1.165, 1.54) is 0 Å². The van der Waals surface area contributed by atoms with Crippen molar-refractivity contribution in [2.24, 2.45) is 0 Å². The van der Waals surface area contributed by atoms with Gasteiger partial charge in [-0.15, -0.1) is 0 Å². The molecule has 0 saturated carbocycles. The van der Waals surface area contributed by atoms with E-state index in [9.17, 15) is 9.90 Å². The fraction of sp³-hybridized carbons (Fsp3) is 0.467. The molecule has 3 rings (SSSR count). The van der Waals surface area contributed by atoms with Crippen molar-refractivity contribution >= 4 is 17.0 Å². The molecule has 1 aliphatic heterocycles. The number of hydrogen-bond donors (Lipinski definition) is 1. The third-order valence-corrected chi connectivity index (χ3v) is 3.87. The van der Waals surface area contributed by atoms with Crippen LogP contribution in [0.3, 0.4) is 0 Å². The number of carboxylic acid groups (broad SMARTS) is 1. The van der Waals surface area contributed by atoms with E-state index in [1.807, 2.05) is 6.07 Å². The number of morpholine rings is 1. The van der Waals surface area contributed by atoms with Crippen LogP contribution in [0.2, 0.25) is 0 Å². The van der Waals surface area contributed by atoms with Gasteiger partial charge in [0.2, 0.25) is 0 Å². The Bertz CT molecular complexity index is 659. The number of rotatable bonds is 4. The first kappa shape index (κ1) is 14.0. The van der Waals surface area contributed by atoms with Gasteiger partial charge in [0.25, 0.3) is 0 Å². The van der Waals surface area contributed by atoms with Crippen molar-refractivity contribution in [2.75, 3.05) is 26.3 Å². The van der Waals surface area contributed by atoms with Gasteiger partial charge in [-0.25, -0.2) is 9.78 Å². The lowest BCUT2D eigenvalue weighted by molar-refractivity contribution is 0.0327. The number of fused-ring (bicyclic) bond motifs is 1. The van der Waals surface area contributed by atoms with Gasteiger partial charge in [-0.05, 0) is 19.1 Å². The average Bonchev–Trinajstić information content (AvgIpc) is 2.84. The van der Waals surface area contributed by atoms with Gasteiger partial charge in [0.05, 0.1) is 30.8 Å². The van der Waals surface area contributed by atoms with E-state index >= 15 is 0 Å². The van der Waals surface area contributed by atoms with Crippen LogP contribution in [0, 0.1) is 0 Å². The Labute approximate surface area is 122 Å². The van der Waals surface area contributed by atoms with Crippen LogP contribution in [0.1, 0.15) is 23.1 Å². The number of benzene rings is 1. The SMILES string of the molecule is CCn1c(CN2CCOCC2)nc2c(C(=O)O)cccc21. The molecule has 1 aliphatic rings. The van der Waals surface area contributed by atoms with Crippen molar-refractivity contribution in [3.8, 4) is 0 Å². The van der Waals surface area contributed by atoms with Gasteiger partial charge in [0.1, 0.15) is 11.3 Å². The standard InChI is InChI=1S/C15H19N3O3/c1-2-18-12-5-3-4-11(15(19)20)14(12)16-13(18)10-17-6-8-21-9-7-17/h3-5H,2,6-10H2,1H3,(H,19,20). The maximum atomic E-state index is 11.3. The van der Waals surface area contributed by atoms with Crippen molar-refractivity contribution in [3.63, 3.8) is 0 Å². The van der Waals surface area contributed by atoms with E-state index in [4.69, 9.17) is 4.74 Å². The summed E-state index contributed by atoms with van der Waals surface area (Å²) >= 11 is 0. The predicted octanol–water partition coefficient (Wildman–Crippen LogP) is 1.59. The van der Waals surface area contributed by atoms with Crippen LogP contribution < -0.4 is 0 Å². The first-order valence-electron chi connectivity index (χ1n) is 7.22. The number of para-hydroxylation sites is 1. The number of ether oxygens (including phenoxy) is 1. The molecule has 112 valence electrons. The average molecular weight is 289 g/mol. The largest absolute Gasteiger partial charge is 0.478 e. The molecule has 0 radical (unpaired) electrons. The van der Waals surface area contributed by atoms with Crippen molar-refractivity contribution in [3.05, 3.63) is 29.6 Å². The third kappa shape index (κ3) is 2.64. The smallest absolute Gasteiger partial charge is 0.337 e. The summed E-state index contributed by atoms with van der Waals surface area (Å²) in [5.74, 6) is -0.0117. The van der Waals surface area contributed by atoms with Crippen LogP contribution >= 0.6 is 0 Å². The molecule has 6 nitrogen and oxygen atoms in total. The maximum Gasteiger partial charge on any atom is 0.337 e. The van der Waals surface area contributed by atoms with Gasteiger partial charge in [-0.1, -0.05) is 6.07 Å². The Kier molecular flexibility index (Phi) is 3.90. The zero-order chi connectivity index (χ0) is 14.8. The molecular formula is C15H19N3O3. The Morgan fingerprint density at radius 3 is 2.81 bits per heavy atom. The first-order chi connectivity index (χ1) is 10.2. The molecule has 1 aromatic heterocycles. The minimum atomic E-state index is -0.931. The zero-order valence-corrected chi connectivity index (χ0v) is 12.1. The minimum Gasteiger partial charge on any atom is -0.478 e. The highest BCUT2D eigenvalue weighted by Gasteiger charge is 2.19. The first-order valence-corrected chi connectivity index (χ1v) is 7.22. The van der Waals surface area contributed by atoms with Crippen molar-refractivity contribution < 1.29 is 14.6 Å². The number of carbonyl (C=O) groups is 1. The van der Waals surface area contributed by atoms with Crippen LogP contribution in [0.5, 0.6) is 0 Å². The molecule has 21 heavy (non-hydrogen) atoms. The van der Waals surface area contributed by atoms with Crippen LogP contribution in [-0.2, 0) is 17.8 Å². The van der Waals surface area contributed by atoms with E-state index < -0.39 is 5.97 Å². The van der Waals surface area contributed by atoms with Gasteiger partial charge in [-0.3, -0.25) is 4.90 Å². The second kappa shape index (κ2) is 5.83. The fourth-order valence-electron chi connectivity index (χ4n) is 2.80. The molecule has 0 unspecified atom stereocenters. The molecule has 0 amide bonds. The molecule has 1 saturated heterocycles. The predicted molar refractivity (Wildman–Crippen MR) is 78.5 cm³/mol. The Balaban J connectivity index is 2.01. The van der Waals surface area contributed by atoms with E-state index in [2.05, 4.69) is 21.4 Å². The Morgan fingerprint density at radius 1 is 1.38 bits per heavy atom. The van der Waals surface area contributed by atoms with Gasteiger partial charge >= 0.3 is 5.97 Å². The number of aromatic carboxylic acids is 1. The van der Waals surface area contributed by atoms with E-state index in [0.717, 1.165) is 50.7 Å². The summed E-state index contributed by atoms with van der Waals surface area (Å²) in [5.41, 5.74) is 1.73. The number of aryl methyl sites for hydroxylation is 1. The van der Waals surface area contributed by atoms with E-state index in [0.29, 0.717) is 5.52 Å². The van der Waals surface area contributed by atoms with Gasteiger partial charge in [0, 0.05) is 19.6 Å². The van der Waals surface area contributed by atoms with Crippen LogP contribution in [0.25, 0.3) is 11.0 Å². The third-order valence-electron chi connectivity index (χ3n) is 3.87. The lowest BCUT2D eigenvalue weighted by Crippen LogP contribution is -2.36. The normalized spacial score (nSPS) is 16.4. The molecule has 0 atom stereocenters. The van der Waals surface area contributed by atoms with Crippen LogP contribution in [0.15, 0.2) is 18.2 Å². The highest BCUT2D eigenvalue weighted by molar-refractivity contribution is 6.01. The zero-order valence-electron chi connectivity index (χ0n) is 12.1. The minimum absolute atomic E-state index is 0.267. The number of aromatic nitrogens is 2. The molecule has 6 heteroatoms. The number of hydrogen-bond acceptors (Lipinski definition) is 4. The lowest BCUT2D eigenvalue weighted by atomic mass is 10.2. The highest BCUT2D eigenvalue weighted by Crippen LogP contribution is 2.21. The van der Waals surface area contributed by atoms with Gasteiger partial charge < -0.3 is 14.4 Å². The van der Waals surface area contributed by atoms with Crippen molar-refractivity contribution in [1.82, 2.24) is 14.5 Å². The van der Waals surface area contributed by atoms with Crippen LogP contribution in [0.4, 0.5) is 0 Å². The quantitative estimate of drug-likeness (QED) is 0.925. The number of carboxylic acids is 1. The Hall–Kier alpha value is -1.92. The molecule has 1 fully saturated rings. The van der Waals surface area contributed by atoms with Crippen molar-refractivity contribution in [2.45, 2.75) is 20.0 Å². The second-order valence-electron chi connectivity index (χ2n) is 5.14. The Morgan fingerprint density at radius 2 is 2.14 bits per heavy atom. The second-order valence-corrected chi connectivity index (χ2v) is 5.14. The highest BCUT2D eigenvalue weighted by atomic mass is 16.5. The lowest BCUT2D eigenvalue weighted by Gasteiger charge is -2.26. The molecule has 2 aromatic rings. The molecular weight excluding hydrogens is 270 g/mol. The van der Waals surface area contributed by atoms with E-state index in [-0.39, 0.29) is 5.56 Å². The molecule has 2 heterocycles. The summed E-state index contributed by atoms with van der Waals surface area (Å²) in [6, 6.07) is 5.31. The number of nitrogens with zero attached hydrogens (tertiary/aromatic N) is 3. The molecule has 1 aromatic carbocycles. The maximum absolute atomic E-state index is 11.3. The molecule has 1 N–H and O–H groups in total. The summed E-state index contributed by atoms with van der Waals surface area (Å²) < 4.78 is 7.45. The topological polar surface area (TPSA) is 67.6 Å². The van der Waals surface area contributed by atoms with Gasteiger partial charge in [-0.2, -0.15) is 0 Å². The van der Waals surface area contributed by atoms with Crippen LogP contribution in [-0.4, -0.2) is 51.8 Å². The number of imidazole rings is 1.